The van der Waals surface area contributed by atoms with Gasteiger partial charge in [-0.2, -0.15) is 0 Å². The van der Waals surface area contributed by atoms with E-state index in [4.69, 9.17) is 4.74 Å². The van der Waals surface area contributed by atoms with Gasteiger partial charge < -0.3 is 25.4 Å². The minimum absolute atomic E-state index is 0.0594. The highest BCUT2D eigenvalue weighted by Gasteiger charge is 2.78. The zero-order valence-corrected chi connectivity index (χ0v) is 19.5. The topological polar surface area (TPSA) is 139 Å². The summed E-state index contributed by atoms with van der Waals surface area (Å²) in [5.74, 6) is -2.45. The third-order valence-electron chi connectivity index (χ3n) is 7.96. The van der Waals surface area contributed by atoms with E-state index in [1.54, 1.807) is 18.7 Å². The normalized spacial score (nSPS) is 32.8. The third kappa shape index (κ3) is 2.92. The van der Waals surface area contributed by atoms with Crippen LogP contribution in [0.5, 0.6) is 0 Å². The van der Waals surface area contributed by atoms with E-state index in [2.05, 4.69) is 20.9 Å². The molecule has 182 valence electrons. The van der Waals surface area contributed by atoms with Crippen LogP contribution in [0.15, 0.2) is 24.3 Å². The molecule has 3 aliphatic heterocycles. The van der Waals surface area contributed by atoms with Gasteiger partial charge in [0.25, 0.3) is 0 Å². The maximum atomic E-state index is 13.7. The number of carbonyl (C=O) groups excluding carboxylic acids is 3. The van der Waals surface area contributed by atoms with E-state index in [0.29, 0.717) is 24.8 Å². The van der Waals surface area contributed by atoms with Crippen LogP contribution in [-0.2, 0) is 25.8 Å². The number of ether oxygens (including phenoxy) is 1. The highest BCUT2D eigenvalue weighted by Crippen LogP contribution is 2.64. The Morgan fingerprint density at radius 3 is 2.76 bits per heavy atom. The number of likely N-dealkylation sites (tertiary alicyclic amines) is 1. The highest BCUT2D eigenvalue weighted by atomic mass is 16.5. The molecule has 0 saturated carbocycles. The molecule has 0 aliphatic carbocycles. The summed E-state index contributed by atoms with van der Waals surface area (Å²) in [6.45, 7) is 3.39. The summed E-state index contributed by atoms with van der Waals surface area (Å²) in [5.41, 5.74) is -0.430. The largest absolute Gasteiger partial charge is 0.394 e. The van der Waals surface area contributed by atoms with Crippen molar-refractivity contribution in [2.75, 3.05) is 13.7 Å². The molecule has 0 radical (unpaired) electrons. The fourth-order valence-corrected chi connectivity index (χ4v) is 6.35. The zero-order chi connectivity index (χ0) is 24.3. The van der Waals surface area contributed by atoms with Crippen LogP contribution < -0.4 is 10.6 Å². The number of carbonyl (C=O) groups is 3. The summed E-state index contributed by atoms with van der Waals surface area (Å²) < 4.78 is 8.17. The Hall–Kier alpha value is -3.05. The summed E-state index contributed by atoms with van der Waals surface area (Å²) in [4.78, 5) is 41.8. The van der Waals surface area contributed by atoms with Gasteiger partial charge in [0, 0.05) is 7.05 Å². The fraction of sp³-hybridized carbons (Fsp3) is 0.609. The maximum absolute atomic E-state index is 13.7. The number of aromatic nitrogens is 3. The van der Waals surface area contributed by atoms with E-state index in [1.165, 1.54) is 4.90 Å². The molecule has 11 nitrogen and oxygen atoms in total. The Labute approximate surface area is 196 Å². The van der Waals surface area contributed by atoms with Crippen LogP contribution >= 0.6 is 0 Å². The van der Waals surface area contributed by atoms with E-state index in [9.17, 15) is 19.5 Å². The Balaban J connectivity index is 1.50. The van der Waals surface area contributed by atoms with Crippen molar-refractivity contribution in [2.24, 2.45) is 11.8 Å². The first-order valence-electron chi connectivity index (χ1n) is 11.7. The molecule has 34 heavy (non-hydrogen) atoms. The summed E-state index contributed by atoms with van der Waals surface area (Å²) in [7, 11) is 1.55. The molecule has 6 atom stereocenters. The van der Waals surface area contributed by atoms with Crippen molar-refractivity contribution in [2.45, 2.75) is 63.1 Å². The van der Waals surface area contributed by atoms with Crippen molar-refractivity contribution >= 4 is 28.8 Å². The van der Waals surface area contributed by atoms with Gasteiger partial charge in [-0.15, -0.1) is 5.10 Å². The van der Waals surface area contributed by atoms with Gasteiger partial charge >= 0.3 is 0 Å². The zero-order valence-electron chi connectivity index (χ0n) is 19.5. The van der Waals surface area contributed by atoms with Crippen LogP contribution in [0.3, 0.4) is 0 Å². The molecule has 3 saturated heterocycles. The van der Waals surface area contributed by atoms with Gasteiger partial charge in [0.15, 0.2) is 0 Å². The molecule has 3 amide bonds. The van der Waals surface area contributed by atoms with Crippen LogP contribution in [0.25, 0.3) is 11.0 Å². The molecule has 5 rings (SSSR count). The predicted octanol–water partition coefficient (Wildman–Crippen LogP) is -0.213. The lowest BCUT2D eigenvalue weighted by molar-refractivity contribution is -0.150. The number of para-hydroxylation sites is 1. The summed E-state index contributed by atoms with van der Waals surface area (Å²) in [6.07, 6.45) is 1.64. The van der Waals surface area contributed by atoms with Gasteiger partial charge in [0.05, 0.1) is 35.6 Å². The number of aliphatic hydroxyl groups excluding tert-OH is 1. The van der Waals surface area contributed by atoms with Gasteiger partial charge in [0.1, 0.15) is 23.8 Å². The first-order chi connectivity index (χ1) is 16.3. The van der Waals surface area contributed by atoms with Gasteiger partial charge in [-0.3, -0.25) is 14.4 Å². The Morgan fingerprint density at radius 1 is 1.29 bits per heavy atom. The van der Waals surface area contributed by atoms with Crippen LogP contribution in [-0.4, -0.2) is 79.7 Å². The van der Waals surface area contributed by atoms with Crippen molar-refractivity contribution in [3.8, 4) is 0 Å². The lowest BCUT2D eigenvalue weighted by atomic mass is 9.65. The van der Waals surface area contributed by atoms with E-state index >= 15 is 0 Å². The van der Waals surface area contributed by atoms with Crippen LogP contribution in [0.4, 0.5) is 0 Å². The molecule has 11 heteroatoms. The molecular formula is C23H30N6O5. The van der Waals surface area contributed by atoms with Crippen molar-refractivity contribution in [3.63, 3.8) is 0 Å². The summed E-state index contributed by atoms with van der Waals surface area (Å²) in [6, 6.07) is 5.83. The number of rotatable bonds is 7. The van der Waals surface area contributed by atoms with Crippen LogP contribution in [0.2, 0.25) is 0 Å². The minimum atomic E-state index is -1.12. The van der Waals surface area contributed by atoms with Gasteiger partial charge in [-0.05, 0) is 38.3 Å². The average molecular weight is 471 g/mol. The molecule has 1 spiro atoms. The molecular weight excluding hydrogens is 440 g/mol. The van der Waals surface area contributed by atoms with Crippen LogP contribution in [0, 0.1) is 11.8 Å². The predicted molar refractivity (Wildman–Crippen MR) is 120 cm³/mol. The lowest BCUT2D eigenvalue weighted by Crippen LogP contribution is -2.57. The number of nitrogens with one attached hydrogen (secondary N) is 2. The number of hydrogen-bond donors (Lipinski definition) is 3. The van der Waals surface area contributed by atoms with Gasteiger partial charge in [-0.1, -0.05) is 24.3 Å². The first-order valence-corrected chi connectivity index (χ1v) is 11.7. The number of amides is 3. The molecule has 2 aromatic rings. The van der Waals surface area contributed by atoms with E-state index in [1.807, 2.05) is 31.2 Å². The number of hydrogen-bond acceptors (Lipinski definition) is 7. The molecule has 3 N–H and O–H groups in total. The Kier molecular flexibility index (Phi) is 5.36. The molecule has 3 fully saturated rings. The van der Waals surface area contributed by atoms with E-state index in [0.717, 1.165) is 5.52 Å². The smallest absolute Gasteiger partial charge is 0.247 e. The second-order valence-corrected chi connectivity index (χ2v) is 9.50. The molecule has 4 heterocycles. The fourth-order valence-electron chi connectivity index (χ4n) is 6.35. The summed E-state index contributed by atoms with van der Waals surface area (Å²) in [5, 5.41) is 23.7. The lowest BCUT2D eigenvalue weighted by Gasteiger charge is -2.36. The first kappa shape index (κ1) is 22.7. The standard InChI is InChI=1S/C23H30N6O5/c1-4-22-9-10-23(34-22)17(16(22)19(31)24-3)21(33)29(13(2)11-30)18(23)20(32)25-12-28-15-8-6-5-7-14(15)26-27-28/h5-8,13,16-18,30H,4,9-12H2,1-3H3,(H,24,31)(H,25,32)/t13-,16-,17+,18?,22+,23?/m1/s1. The Bertz CT molecular complexity index is 1150. The minimum Gasteiger partial charge on any atom is -0.394 e. The van der Waals surface area contributed by atoms with Gasteiger partial charge in [0.2, 0.25) is 17.7 Å². The van der Waals surface area contributed by atoms with E-state index in [-0.39, 0.29) is 25.1 Å². The number of aliphatic hydroxyl groups is 1. The molecule has 1 aromatic heterocycles. The number of benzene rings is 1. The van der Waals surface area contributed by atoms with Crippen molar-refractivity contribution in [1.82, 2.24) is 30.5 Å². The maximum Gasteiger partial charge on any atom is 0.247 e. The van der Waals surface area contributed by atoms with Crippen molar-refractivity contribution in [3.05, 3.63) is 24.3 Å². The SMILES string of the molecule is CC[C@@]12CCC3(O1)C(C(=O)NCn1nnc4ccccc41)N([C@H](C)CO)C(=O)[C@@H]3[C@@H]2C(=O)NC. The van der Waals surface area contributed by atoms with E-state index < -0.39 is 41.0 Å². The Morgan fingerprint density at radius 2 is 2.06 bits per heavy atom. The molecule has 1 aromatic carbocycles. The second-order valence-electron chi connectivity index (χ2n) is 9.50. The number of nitrogens with zero attached hydrogens (tertiary/aromatic N) is 4. The third-order valence-corrected chi connectivity index (χ3v) is 7.96. The quantitative estimate of drug-likeness (QED) is 0.509. The van der Waals surface area contributed by atoms with Crippen molar-refractivity contribution in [1.29, 1.82) is 0 Å². The molecule has 2 unspecified atom stereocenters. The summed E-state index contributed by atoms with van der Waals surface area (Å²) >= 11 is 0. The number of fused-ring (bicyclic) bond motifs is 2. The molecule has 3 aliphatic rings. The van der Waals surface area contributed by atoms with Crippen LogP contribution in [0.1, 0.15) is 33.1 Å². The van der Waals surface area contributed by atoms with Crippen molar-refractivity contribution < 1.29 is 24.2 Å². The monoisotopic (exact) mass is 470 g/mol. The highest BCUT2D eigenvalue weighted by molar-refractivity contribution is 5.99. The second kappa shape index (κ2) is 8.02. The average Bonchev–Trinajstić information content (AvgIpc) is 3.58. The molecule has 2 bridgehead atoms. The van der Waals surface area contributed by atoms with Gasteiger partial charge in [-0.25, -0.2) is 4.68 Å².